The van der Waals surface area contributed by atoms with Crippen LogP contribution < -0.4 is 10.1 Å². The number of carbonyl (C=O) groups is 1. The van der Waals surface area contributed by atoms with Gasteiger partial charge in [-0.15, -0.1) is 16.4 Å². The number of aromatic nitrogens is 3. The summed E-state index contributed by atoms with van der Waals surface area (Å²) >= 11 is 1.42. The molecule has 0 aliphatic carbocycles. The summed E-state index contributed by atoms with van der Waals surface area (Å²) < 4.78 is 4.78. The molecule has 1 amide bonds. The first-order valence-corrected chi connectivity index (χ1v) is 5.35. The van der Waals surface area contributed by atoms with Gasteiger partial charge in [0.2, 0.25) is 5.95 Å². The van der Waals surface area contributed by atoms with Crippen molar-refractivity contribution in [1.29, 1.82) is 0 Å². The van der Waals surface area contributed by atoms with Crippen molar-refractivity contribution >= 4 is 23.2 Å². The third kappa shape index (κ3) is 2.19. The Morgan fingerprint density at radius 1 is 1.56 bits per heavy atom. The minimum Gasteiger partial charge on any atom is -0.466 e. The van der Waals surface area contributed by atoms with Gasteiger partial charge < -0.3 is 4.74 Å². The van der Waals surface area contributed by atoms with Gasteiger partial charge in [-0.25, -0.2) is 5.10 Å². The van der Waals surface area contributed by atoms with Crippen LogP contribution in [0.2, 0.25) is 0 Å². The Labute approximate surface area is 95.7 Å². The number of rotatable bonds is 3. The lowest BCUT2D eigenvalue weighted by molar-refractivity contribution is 0.102. The summed E-state index contributed by atoms with van der Waals surface area (Å²) in [5.41, 5.74) is 0. The second-order valence-electron chi connectivity index (χ2n) is 3.04. The molecule has 0 aromatic carbocycles. The molecule has 2 N–H and O–H groups in total. The SMILES string of the molecule is COc1n[nH]c(NC(=O)c2ccc(C)s2)n1. The fourth-order valence-electron chi connectivity index (χ4n) is 1.12. The highest BCUT2D eigenvalue weighted by Gasteiger charge is 2.11. The lowest BCUT2D eigenvalue weighted by Crippen LogP contribution is -2.11. The molecule has 2 aromatic rings. The van der Waals surface area contributed by atoms with Crippen LogP contribution in [0, 0.1) is 6.92 Å². The van der Waals surface area contributed by atoms with Crippen LogP contribution in [0.1, 0.15) is 14.5 Å². The average molecular weight is 238 g/mol. The first kappa shape index (κ1) is 10.6. The van der Waals surface area contributed by atoms with Gasteiger partial charge in [-0.2, -0.15) is 4.98 Å². The number of methoxy groups -OCH3 is 1. The maximum absolute atomic E-state index is 11.7. The predicted octanol–water partition coefficient (Wildman–Crippen LogP) is 1.44. The van der Waals surface area contributed by atoms with E-state index >= 15 is 0 Å². The van der Waals surface area contributed by atoms with E-state index in [1.165, 1.54) is 18.4 Å². The first-order chi connectivity index (χ1) is 7.69. The Hall–Kier alpha value is -1.89. The number of ether oxygens (including phenoxy) is 1. The van der Waals surface area contributed by atoms with Gasteiger partial charge >= 0.3 is 6.01 Å². The number of nitrogens with one attached hydrogen (secondary N) is 2. The number of H-pyrrole nitrogens is 1. The van der Waals surface area contributed by atoms with Gasteiger partial charge in [0.15, 0.2) is 0 Å². The second kappa shape index (κ2) is 4.31. The number of hydrogen-bond donors (Lipinski definition) is 2. The third-order valence-electron chi connectivity index (χ3n) is 1.84. The van der Waals surface area contributed by atoms with Crippen LogP contribution >= 0.6 is 11.3 Å². The van der Waals surface area contributed by atoms with E-state index < -0.39 is 0 Å². The highest BCUT2D eigenvalue weighted by atomic mass is 32.1. The van der Waals surface area contributed by atoms with E-state index in [1.807, 2.05) is 13.0 Å². The Kier molecular flexibility index (Phi) is 2.86. The second-order valence-corrected chi connectivity index (χ2v) is 4.32. The van der Waals surface area contributed by atoms with E-state index in [0.29, 0.717) is 4.88 Å². The van der Waals surface area contributed by atoms with Crippen LogP contribution in [0.3, 0.4) is 0 Å². The van der Waals surface area contributed by atoms with Gasteiger partial charge in [0.25, 0.3) is 5.91 Å². The molecule has 0 spiro atoms. The molecular weight excluding hydrogens is 228 g/mol. The Bertz CT molecular complexity index is 505. The van der Waals surface area contributed by atoms with Crippen molar-refractivity contribution in [3.63, 3.8) is 0 Å². The third-order valence-corrected chi connectivity index (χ3v) is 2.84. The molecule has 6 nitrogen and oxygen atoms in total. The van der Waals surface area contributed by atoms with Gasteiger partial charge in [0, 0.05) is 4.88 Å². The van der Waals surface area contributed by atoms with Crippen molar-refractivity contribution in [2.45, 2.75) is 6.92 Å². The van der Waals surface area contributed by atoms with Gasteiger partial charge in [-0.05, 0) is 19.1 Å². The average Bonchev–Trinajstić information content (AvgIpc) is 2.87. The van der Waals surface area contributed by atoms with Crippen molar-refractivity contribution in [3.8, 4) is 6.01 Å². The molecule has 0 unspecified atom stereocenters. The summed E-state index contributed by atoms with van der Waals surface area (Å²) in [6, 6.07) is 3.85. The van der Waals surface area contributed by atoms with Crippen molar-refractivity contribution in [2.75, 3.05) is 12.4 Å². The van der Waals surface area contributed by atoms with Crippen LogP contribution in [-0.4, -0.2) is 28.2 Å². The molecule has 0 fully saturated rings. The normalized spacial score (nSPS) is 10.1. The van der Waals surface area contributed by atoms with Gasteiger partial charge in [-0.1, -0.05) is 0 Å². The molecule has 0 saturated heterocycles. The number of amides is 1. The molecule has 7 heteroatoms. The van der Waals surface area contributed by atoms with Crippen LogP contribution in [0.25, 0.3) is 0 Å². The van der Waals surface area contributed by atoms with E-state index in [-0.39, 0.29) is 17.9 Å². The highest BCUT2D eigenvalue weighted by molar-refractivity contribution is 7.14. The van der Waals surface area contributed by atoms with Crippen molar-refractivity contribution < 1.29 is 9.53 Å². The van der Waals surface area contributed by atoms with Crippen LogP contribution in [-0.2, 0) is 0 Å². The number of aromatic amines is 1. The Balaban J connectivity index is 2.07. The van der Waals surface area contributed by atoms with Gasteiger partial charge in [0.05, 0.1) is 12.0 Å². The lowest BCUT2D eigenvalue weighted by atomic mass is 10.4. The first-order valence-electron chi connectivity index (χ1n) is 4.53. The zero-order chi connectivity index (χ0) is 11.5. The number of aryl methyl sites for hydroxylation is 1. The van der Waals surface area contributed by atoms with E-state index in [2.05, 4.69) is 20.5 Å². The Morgan fingerprint density at radius 2 is 2.38 bits per heavy atom. The van der Waals surface area contributed by atoms with E-state index in [1.54, 1.807) is 6.07 Å². The van der Waals surface area contributed by atoms with Crippen LogP contribution in [0.15, 0.2) is 12.1 Å². The smallest absolute Gasteiger partial charge is 0.336 e. The van der Waals surface area contributed by atoms with E-state index in [0.717, 1.165) is 4.88 Å². The zero-order valence-electron chi connectivity index (χ0n) is 8.77. The molecular formula is C9H10N4O2S. The maximum Gasteiger partial charge on any atom is 0.336 e. The lowest BCUT2D eigenvalue weighted by Gasteiger charge is -1.96. The molecule has 2 aromatic heterocycles. The summed E-state index contributed by atoms with van der Waals surface area (Å²) in [4.78, 5) is 17.3. The molecule has 0 radical (unpaired) electrons. The summed E-state index contributed by atoms with van der Waals surface area (Å²) in [5, 5.41) is 8.86. The van der Waals surface area contributed by atoms with Crippen LogP contribution in [0.5, 0.6) is 6.01 Å². The topological polar surface area (TPSA) is 79.9 Å². The highest BCUT2D eigenvalue weighted by Crippen LogP contribution is 2.16. The summed E-state index contributed by atoms with van der Waals surface area (Å²) in [7, 11) is 1.46. The minimum atomic E-state index is -0.211. The molecule has 2 rings (SSSR count). The van der Waals surface area contributed by atoms with Gasteiger partial charge in [-0.3, -0.25) is 10.1 Å². The number of anilines is 1. The van der Waals surface area contributed by atoms with Crippen molar-refractivity contribution in [2.24, 2.45) is 0 Å². The molecule has 0 atom stereocenters. The molecule has 0 aliphatic rings. The number of nitrogens with zero attached hydrogens (tertiary/aromatic N) is 2. The standard InChI is InChI=1S/C9H10N4O2S/c1-5-3-4-6(16-5)7(14)10-8-11-9(15-2)13-12-8/h3-4H,1-2H3,(H2,10,11,12,13,14). The summed E-state index contributed by atoms with van der Waals surface area (Å²) in [5.74, 6) is 0.0600. The fraction of sp³-hybridized carbons (Fsp3) is 0.222. The Morgan fingerprint density at radius 3 is 2.94 bits per heavy atom. The van der Waals surface area contributed by atoms with Crippen molar-refractivity contribution in [1.82, 2.24) is 15.2 Å². The van der Waals surface area contributed by atoms with Crippen molar-refractivity contribution in [3.05, 3.63) is 21.9 Å². The summed E-state index contributed by atoms with van der Waals surface area (Å²) in [6.45, 7) is 1.94. The largest absolute Gasteiger partial charge is 0.466 e. The zero-order valence-corrected chi connectivity index (χ0v) is 9.59. The van der Waals surface area contributed by atoms with E-state index in [4.69, 9.17) is 4.74 Å². The molecule has 0 bridgehead atoms. The van der Waals surface area contributed by atoms with Crippen LogP contribution in [0.4, 0.5) is 5.95 Å². The molecule has 0 aliphatic heterocycles. The van der Waals surface area contributed by atoms with E-state index in [9.17, 15) is 4.79 Å². The fourth-order valence-corrected chi connectivity index (χ4v) is 1.88. The number of thiophene rings is 1. The quantitative estimate of drug-likeness (QED) is 0.847. The van der Waals surface area contributed by atoms with Gasteiger partial charge in [0.1, 0.15) is 0 Å². The molecule has 16 heavy (non-hydrogen) atoms. The minimum absolute atomic E-state index is 0.192. The number of hydrogen-bond acceptors (Lipinski definition) is 5. The predicted molar refractivity (Wildman–Crippen MR) is 59.9 cm³/mol. The monoisotopic (exact) mass is 238 g/mol. The summed E-state index contributed by atoms with van der Waals surface area (Å²) in [6.07, 6.45) is 0. The maximum atomic E-state index is 11.7. The molecule has 2 heterocycles. The number of carbonyl (C=O) groups excluding carboxylic acids is 1. The molecule has 0 saturated carbocycles. The molecule has 84 valence electrons.